The molecule has 0 aliphatic rings. The third-order valence-electron chi connectivity index (χ3n) is 3.37. The first-order chi connectivity index (χ1) is 12.5. The number of aromatic carboxylic acids is 1. The number of esters is 1. The second-order valence-corrected chi connectivity index (χ2v) is 5.89. The maximum atomic E-state index is 11.2. The molecule has 11 nitrogen and oxygen atoms in total. The molecule has 0 saturated carbocycles. The standard InChI is InChI=1S/C8H13BN2O3.C7H11BN2O3.Na.H2O/c1-9(13)10-6-4-7(8(12)14-3)11(2)5-6;1-8(13)9-5-3-6(7(11)12)10(2)4-5;;/h4-5,10,13H,1-3H3;3-4,9,13H,1-2H3,(H,11,12);;1H2/q;;+1;/p-1. The second kappa shape index (κ2) is 13.4. The van der Waals surface area contributed by atoms with E-state index in [-0.39, 0.29) is 40.7 Å². The van der Waals surface area contributed by atoms with E-state index in [1.54, 1.807) is 50.8 Å². The van der Waals surface area contributed by atoms with Crippen LogP contribution in [0.2, 0.25) is 13.6 Å². The number of rotatable bonds is 6. The van der Waals surface area contributed by atoms with Crippen molar-refractivity contribution in [3.63, 3.8) is 0 Å². The number of carboxylic acid groups (broad SMARTS) is 1. The third-order valence-corrected chi connectivity index (χ3v) is 3.37. The maximum Gasteiger partial charge on any atom is 1.00 e. The van der Waals surface area contributed by atoms with Gasteiger partial charge in [0.05, 0.1) is 7.11 Å². The molecule has 0 saturated heterocycles. The van der Waals surface area contributed by atoms with E-state index in [9.17, 15) is 9.59 Å². The summed E-state index contributed by atoms with van der Waals surface area (Å²) in [5.41, 5.74) is 1.90. The Labute approximate surface area is 191 Å². The molecular weight excluding hydrogens is 393 g/mol. The summed E-state index contributed by atoms with van der Waals surface area (Å²) in [6.45, 7) is 3.16. The van der Waals surface area contributed by atoms with Crippen molar-refractivity contribution in [2.45, 2.75) is 13.6 Å². The van der Waals surface area contributed by atoms with Gasteiger partial charge in [-0.15, -0.1) is 0 Å². The van der Waals surface area contributed by atoms with Crippen LogP contribution in [0.4, 0.5) is 11.4 Å². The molecule has 0 aromatic carbocycles. The second-order valence-electron chi connectivity index (χ2n) is 5.89. The van der Waals surface area contributed by atoms with Gasteiger partial charge in [0, 0.05) is 37.9 Å². The van der Waals surface area contributed by atoms with E-state index in [0.29, 0.717) is 17.1 Å². The van der Waals surface area contributed by atoms with Crippen LogP contribution in [0.5, 0.6) is 0 Å². The fourth-order valence-electron chi connectivity index (χ4n) is 2.29. The summed E-state index contributed by atoms with van der Waals surface area (Å²) in [5, 5.41) is 32.2. The van der Waals surface area contributed by atoms with Crippen LogP contribution in [-0.2, 0) is 18.8 Å². The predicted octanol–water partition coefficient (Wildman–Crippen LogP) is -2.59. The molecule has 29 heavy (non-hydrogen) atoms. The molecular formula is C15H25B2N4NaO7. The number of carboxylic acids is 1. The maximum absolute atomic E-state index is 11.2. The Morgan fingerprint density at radius 3 is 1.66 bits per heavy atom. The first-order valence-electron chi connectivity index (χ1n) is 8.08. The molecule has 2 aromatic rings. The van der Waals surface area contributed by atoms with Gasteiger partial charge in [-0.05, 0) is 25.8 Å². The van der Waals surface area contributed by atoms with E-state index in [1.807, 2.05) is 0 Å². The molecule has 0 spiro atoms. The fraction of sp³-hybridized carbons (Fsp3) is 0.333. The summed E-state index contributed by atoms with van der Waals surface area (Å²) < 4.78 is 7.70. The van der Waals surface area contributed by atoms with Crippen LogP contribution in [-0.4, -0.2) is 62.9 Å². The van der Waals surface area contributed by atoms with Crippen molar-refractivity contribution in [1.82, 2.24) is 9.13 Å². The molecule has 0 unspecified atom stereocenters. The van der Waals surface area contributed by atoms with E-state index < -0.39 is 26.0 Å². The van der Waals surface area contributed by atoms with Gasteiger partial charge in [0.2, 0.25) is 0 Å². The minimum Gasteiger partial charge on any atom is -0.870 e. The van der Waals surface area contributed by atoms with Gasteiger partial charge in [0.15, 0.2) is 0 Å². The van der Waals surface area contributed by atoms with Crippen molar-refractivity contribution >= 4 is 37.4 Å². The van der Waals surface area contributed by atoms with Crippen molar-refractivity contribution in [3.05, 3.63) is 35.9 Å². The number of ether oxygens (including phenoxy) is 1. The summed E-state index contributed by atoms with van der Waals surface area (Å²) in [6, 6.07) is 3.09. The number of aromatic nitrogens is 2. The molecule has 0 aliphatic heterocycles. The summed E-state index contributed by atoms with van der Waals surface area (Å²) in [5.74, 6) is -1.38. The van der Waals surface area contributed by atoms with Crippen LogP contribution in [0.1, 0.15) is 21.0 Å². The molecule has 0 amide bonds. The third kappa shape index (κ3) is 9.43. The first-order valence-corrected chi connectivity index (χ1v) is 8.08. The zero-order valence-corrected chi connectivity index (χ0v) is 19.4. The number of hydrogen-bond acceptors (Lipinski definition) is 8. The number of carbonyl (C=O) groups excluding carboxylic acids is 1. The minimum atomic E-state index is -0.985. The summed E-state index contributed by atoms with van der Waals surface area (Å²) in [4.78, 5) is 21.8. The van der Waals surface area contributed by atoms with Gasteiger partial charge in [-0.25, -0.2) is 9.59 Å². The molecule has 0 bridgehead atoms. The van der Waals surface area contributed by atoms with Gasteiger partial charge < -0.3 is 45.0 Å². The SMILES string of the molecule is CB(O)Nc1cc(C(=O)O)n(C)c1.COC(=O)c1cc(NB(C)O)cn1C.[Na+].[OH-]. The van der Waals surface area contributed by atoms with Crippen molar-refractivity contribution in [1.29, 1.82) is 0 Å². The predicted molar refractivity (Wildman–Crippen MR) is 106 cm³/mol. The largest absolute Gasteiger partial charge is 1.00 e. The van der Waals surface area contributed by atoms with Crippen LogP contribution in [0.15, 0.2) is 24.5 Å². The molecule has 0 fully saturated rings. The summed E-state index contributed by atoms with van der Waals surface area (Å²) in [7, 11) is 3.36. The number of aryl methyl sites for hydroxylation is 2. The van der Waals surface area contributed by atoms with E-state index in [2.05, 4.69) is 15.2 Å². The Morgan fingerprint density at radius 2 is 1.34 bits per heavy atom. The number of carbonyl (C=O) groups is 2. The number of anilines is 2. The smallest absolute Gasteiger partial charge is 0.870 e. The van der Waals surface area contributed by atoms with Gasteiger partial charge in [-0.2, -0.15) is 0 Å². The molecule has 154 valence electrons. The molecule has 0 radical (unpaired) electrons. The zero-order valence-electron chi connectivity index (χ0n) is 17.4. The summed E-state index contributed by atoms with van der Waals surface area (Å²) >= 11 is 0. The van der Waals surface area contributed by atoms with E-state index in [0.717, 1.165) is 0 Å². The monoisotopic (exact) mass is 418 g/mol. The first kappa shape index (κ1) is 29.3. The van der Waals surface area contributed by atoms with Crippen molar-refractivity contribution in [2.24, 2.45) is 14.1 Å². The van der Waals surface area contributed by atoms with E-state index in [4.69, 9.17) is 15.2 Å². The molecule has 2 rings (SSSR count). The van der Waals surface area contributed by atoms with Gasteiger partial charge >= 0.3 is 55.6 Å². The fourth-order valence-corrected chi connectivity index (χ4v) is 2.29. The molecule has 2 aromatic heterocycles. The molecule has 2 heterocycles. The van der Waals surface area contributed by atoms with Crippen LogP contribution < -0.4 is 40.0 Å². The Bertz CT molecular complexity index is 796. The Balaban J connectivity index is 0. The normalized spacial score (nSPS) is 9.07. The number of methoxy groups -OCH3 is 1. The van der Waals surface area contributed by atoms with E-state index in [1.165, 1.54) is 17.7 Å². The molecule has 0 atom stereocenters. The number of nitrogens with zero attached hydrogens (tertiary/aromatic N) is 2. The molecule has 0 aliphatic carbocycles. The Kier molecular flexibility index (Phi) is 13.5. The Morgan fingerprint density at radius 1 is 0.966 bits per heavy atom. The van der Waals surface area contributed by atoms with Crippen LogP contribution >= 0.6 is 0 Å². The van der Waals surface area contributed by atoms with Gasteiger partial charge in [0.1, 0.15) is 11.4 Å². The van der Waals surface area contributed by atoms with Gasteiger partial charge in [-0.1, -0.05) is 0 Å². The van der Waals surface area contributed by atoms with Crippen LogP contribution in [0.25, 0.3) is 0 Å². The average molecular weight is 418 g/mol. The average Bonchev–Trinajstić information content (AvgIpc) is 3.08. The Hall–Kier alpha value is -1.89. The van der Waals surface area contributed by atoms with Crippen molar-refractivity contribution in [3.8, 4) is 0 Å². The topological polar surface area (TPSA) is 168 Å². The molecule has 14 heteroatoms. The number of hydrogen-bond donors (Lipinski definition) is 5. The van der Waals surface area contributed by atoms with Crippen molar-refractivity contribution < 1.29 is 64.5 Å². The van der Waals surface area contributed by atoms with E-state index >= 15 is 0 Å². The van der Waals surface area contributed by atoms with Crippen LogP contribution in [0, 0.1) is 0 Å². The number of nitrogens with one attached hydrogen (secondary N) is 2. The van der Waals surface area contributed by atoms with Crippen LogP contribution in [0.3, 0.4) is 0 Å². The zero-order chi connectivity index (χ0) is 20.7. The molecule has 6 N–H and O–H groups in total. The van der Waals surface area contributed by atoms with Crippen molar-refractivity contribution in [2.75, 3.05) is 17.6 Å². The quantitative estimate of drug-likeness (QED) is 0.250. The van der Waals surface area contributed by atoms with Gasteiger partial charge in [0.25, 0.3) is 0 Å². The van der Waals surface area contributed by atoms with Gasteiger partial charge in [-0.3, -0.25) is 0 Å². The summed E-state index contributed by atoms with van der Waals surface area (Å²) in [6.07, 6.45) is 3.31. The minimum absolute atomic E-state index is 0.